The van der Waals surface area contributed by atoms with E-state index in [1.165, 1.54) is 0 Å². The minimum absolute atomic E-state index is 0.0113. The van der Waals surface area contributed by atoms with Gasteiger partial charge in [-0.25, -0.2) is 19.2 Å². The summed E-state index contributed by atoms with van der Waals surface area (Å²) >= 11 is 0. The summed E-state index contributed by atoms with van der Waals surface area (Å²) in [5.74, 6) is 0. The first-order valence-electron chi connectivity index (χ1n) is 11.0. The Kier molecular flexibility index (Phi) is 5.05. The fourth-order valence-corrected chi connectivity index (χ4v) is 5.50. The van der Waals surface area contributed by atoms with Crippen molar-refractivity contribution in [1.29, 1.82) is 0 Å². The summed E-state index contributed by atoms with van der Waals surface area (Å²) in [6.45, 7) is 9.44. The number of amides is 8. The van der Waals surface area contributed by atoms with Gasteiger partial charge < -0.3 is 29.4 Å². The van der Waals surface area contributed by atoms with E-state index < -0.39 is 24.7 Å². The Balaban J connectivity index is 1.68. The molecule has 0 radical (unpaired) electrons. The van der Waals surface area contributed by atoms with Gasteiger partial charge in [-0.2, -0.15) is 0 Å². The van der Waals surface area contributed by atoms with Crippen molar-refractivity contribution in [2.24, 2.45) is 0 Å². The van der Waals surface area contributed by atoms with E-state index >= 15 is 0 Å². The topological polar surface area (TPSA) is 94.2 Å². The smallest absolute Gasteiger partial charge is 0.303 e. The van der Waals surface area contributed by atoms with Gasteiger partial charge in [0.25, 0.3) is 0 Å². The molecule has 4 aliphatic heterocycles. The third-order valence-electron chi connectivity index (χ3n) is 6.99. The number of likely N-dealkylation sites (N-methyl/N-ethyl adjacent to an activating group) is 6. The number of hydrogen-bond donors (Lipinski definition) is 0. The van der Waals surface area contributed by atoms with Crippen molar-refractivity contribution in [3.63, 3.8) is 0 Å². The average Bonchev–Trinajstić information content (AvgIpc) is 3.36. The highest BCUT2D eigenvalue weighted by molar-refractivity contribution is 5.87. The zero-order valence-corrected chi connectivity index (χ0v) is 19.1. The fourth-order valence-electron chi connectivity index (χ4n) is 5.50. The monoisotopic (exact) mass is 436 g/mol. The minimum atomic E-state index is -0.485. The van der Waals surface area contributed by atoms with Gasteiger partial charge in [0, 0.05) is 40.3 Å². The van der Waals surface area contributed by atoms with Gasteiger partial charge in [0.05, 0.1) is 0 Å². The highest BCUT2D eigenvalue weighted by Gasteiger charge is 2.61. The maximum Gasteiger partial charge on any atom is 0.324 e. The van der Waals surface area contributed by atoms with E-state index in [-0.39, 0.29) is 30.8 Å². The molecule has 31 heavy (non-hydrogen) atoms. The van der Waals surface area contributed by atoms with Crippen molar-refractivity contribution in [3.8, 4) is 0 Å². The molecule has 4 saturated heterocycles. The zero-order valence-electron chi connectivity index (χ0n) is 19.1. The predicted molar refractivity (Wildman–Crippen MR) is 110 cm³/mol. The number of carbonyl (C=O) groups excluding carboxylic acids is 4. The molecule has 0 aromatic heterocycles. The maximum absolute atomic E-state index is 13.2. The molecule has 0 N–H and O–H groups in total. The van der Waals surface area contributed by atoms with Crippen molar-refractivity contribution in [1.82, 2.24) is 39.2 Å². The quantitative estimate of drug-likeness (QED) is 0.607. The molecular formula is C19H32N8O4. The summed E-state index contributed by atoms with van der Waals surface area (Å²) < 4.78 is 0. The van der Waals surface area contributed by atoms with E-state index in [1.807, 2.05) is 27.7 Å². The van der Waals surface area contributed by atoms with Crippen LogP contribution in [0.15, 0.2) is 0 Å². The van der Waals surface area contributed by atoms with Crippen LogP contribution in [-0.2, 0) is 0 Å². The molecule has 0 bridgehead atoms. The molecule has 8 amide bonds. The lowest BCUT2D eigenvalue weighted by molar-refractivity contribution is 0.0579. The van der Waals surface area contributed by atoms with E-state index in [9.17, 15) is 19.2 Å². The molecule has 0 spiro atoms. The molecule has 4 fully saturated rings. The Bertz CT molecular complexity index is 744. The Labute approximate surface area is 182 Å². The van der Waals surface area contributed by atoms with E-state index in [0.29, 0.717) is 26.2 Å². The first-order chi connectivity index (χ1) is 14.7. The van der Waals surface area contributed by atoms with Gasteiger partial charge in [0.1, 0.15) is 19.0 Å². The van der Waals surface area contributed by atoms with Gasteiger partial charge >= 0.3 is 24.1 Å². The standard InChI is InChI=1S/C19H32N8O4/c1-7-22-12-14(24(9-3)18(22)30)26(16(28)20(12)5)11-27-15-13(21(6)17(27)29)23(8-2)19(31)25(15)10-4/h12-15H,7-11H2,1-6H3/t12-,13-,14-,15+/m1/s1. The van der Waals surface area contributed by atoms with Crippen LogP contribution in [0.3, 0.4) is 0 Å². The van der Waals surface area contributed by atoms with E-state index in [2.05, 4.69) is 0 Å². The third-order valence-corrected chi connectivity index (χ3v) is 6.99. The second-order valence-corrected chi connectivity index (χ2v) is 8.23. The second kappa shape index (κ2) is 7.34. The van der Waals surface area contributed by atoms with Crippen LogP contribution in [0, 0.1) is 0 Å². The molecule has 0 aromatic rings. The first kappa shape index (κ1) is 21.3. The van der Waals surface area contributed by atoms with Crippen molar-refractivity contribution in [2.45, 2.75) is 52.4 Å². The largest absolute Gasteiger partial charge is 0.324 e. The Morgan fingerprint density at radius 3 is 1.06 bits per heavy atom. The normalized spacial score (nSPS) is 30.6. The van der Waals surface area contributed by atoms with Crippen LogP contribution in [0.1, 0.15) is 27.7 Å². The molecule has 172 valence electrons. The van der Waals surface area contributed by atoms with Crippen LogP contribution in [0.4, 0.5) is 19.2 Å². The molecule has 4 rings (SSSR count). The Morgan fingerprint density at radius 1 is 0.484 bits per heavy atom. The molecule has 0 aromatic carbocycles. The van der Waals surface area contributed by atoms with Crippen LogP contribution in [0.5, 0.6) is 0 Å². The molecule has 0 aliphatic carbocycles. The summed E-state index contributed by atoms with van der Waals surface area (Å²) in [5, 5.41) is 0. The Morgan fingerprint density at radius 2 is 0.774 bits per heavy atom. The van der Waals surface area contributed by atoms with Gasteiger partial charge in [-0.15, -0.1) is 0 Å². The van der Waals surface area contributed by atoms with E-state index in [0.717, 1.165) is 0 Å². The highest BCUT2D eigenvalue weighted by atomic mass is 16.2. The minimum Gasteiger partial charge on any atom is -0.303 e. The van der Waals surface area contributed by atoms with Crippen molar-refractivity contribution >= 4 is 24.1 Å². The number of urea groups is 4. The lowest BCUT2D eigenvalue weighted by Crippen LogP contribution is -2.55. The summed E-state index contributed by atoms with van der Waals surface area (Å²) in [6.07, 6.45) is -1.78. The van der Waals surface area contributed by atoms with Crippen LogP contribution in [0.2, 0.25) is 0 Å². The van der Waals surface area contributed by atoms with Crippen molar-refractivity contribution in [3.05, 3.63) is 0 Å². The number of hydrogen-bond acceptors (Lipinski definition) is 4. The van der Waals surface area contributed by atoms with Crippen LogP contribution in [0.25, 0.3) is 0 Å². The summed E-state index contributed by atoms with van der Waals surface area (Å²) in [6, 6.07) is -0.706. The van der Waals surface area contributed by atoms with E-state index in [1.54, 1.807) is 53.3 Å². The molecule has 0 saturated carbocycles. The molecule has 0 unspecified atom stereocenters. The number of rotatable bonds is 6. The number of fused-ring (bicyclic) bond motifs is 2. The third kappa shape index (κ3) is 2.59. The molecule has 12 heteroatoms. The Hall–Kier alpha value is -2.92. The zero-order chi connectivity index (χ0) is 22.8. The molecule has 4 atom stereocenters. The van der Waals surface area contributed by atoms with Gasteiger partial charge in [-0.1, -0.05) is 0 Å². The van der Waals surface area contributed by atoms with Gasteiger partial charge in [-0.3, -0.25) is 9.80 Å². The molecule has 4 heterocycles. The molecular weight excluding hydrogens is 404 g/mol. The van der Waals surface area contributed by atoms with Gasteiger partial charge in [0.2, 0.25) is 0 Å². The number of nitrogens with zero attached hydrogens (tertiary/aromatic N) is 8. The maximum atomic E-state index is 13.2. The number of carbonyl (C=O) groups is 4. The lowest BCUT2D eigenvalue weighted by Gasteiger charge is -2.35. The summed E-state index contributed by atoms with van der Waals surface area (Å²) in [7, 11) is 3.37. The van der Waals surface area contributed by atoms with Crippen LogP contribution in [-0.4, -0.2) is 135 Å². The van der Waals surface area contributed by atoms with Crippen LogP contribution >= 0.6 is 0 Å². The predicted octanol–water partition coefficient (Wildman–Crippen LogP) is 0.538. The SMILES string of the molecule is CCN1C(=O)N(CC)[C@@H]2[C@@H]1N(CN1C(=O)N(C)[C@H]3[C@@H]1N(CC)C(=O)N3CC)C(=O)N2C. The highest BCUT2D eigenvalue weighted by Crippen LogP contribution is 2.38. The van der Waals surface area contributed by atoms with Crippen molar-refractivity contribution in [2.75, 3.05) is 46.9 Å². The lowest BCUT2D eigenvalue weighted by atomic mass is 10.3. The second-order valence-electron chi connectivity index (χ2n) is 8.23. The van der Waals surface area contributed by atoms with Crippen LogP contribution < -0.4 is 0 Å². The summed E-state index contributed by atoms with van der Waals surface area (Å²) in [5.41, 5.74) is 0. The fraction of sp³-hybridized carbons (Fsp3) is 0.789. The molecule has 12 nitrogen and oxygen atoms in total. The molecule has 4 aliphatic rings. The van der Waals surface area contributed by atoms with Gasteiger partial charge in [0.15, 0.2) is 12.3 Å². The van der Waals surface area contributed by atoms with E-state index in [4.69, 9.17) is 0 Å². The first-order valence-corrected chi connectivity index (χ1v) is 11.0. The summed E-state index contributed by atoms with van der Waals surface area (Å²) in [4.78, 5) is 65.2. The average molecular weight is 437 g/mol. The van der Waals surface area contributed by atoms with Crippen molar-refractivity contribution < 1.29 is 19.2 Å². The van der Waals surface area contributed by atoms with Gasteiger partial charge in [-0.05, 0) is 27.7 Å².